The van der Waals surface area contributed by atoms with Gasteiger partial charge in [0, 0.05) is 31.6 Å². The molecule has 0 aromatic carbocycles. The van der Waals surface area contributed by atoms with E-state index in [4.69, 9.17) is 4.74 Å². The third-order valence-corrected chi connectivity index (χ3v) is 4.32. The van der Waals surface area contributed by atoms with Crippen molar-refractivity contribution in [1.82, 2.24) is 15.0 Å². The zero-order valence-corrected chi connectivity index (χ0v) is 11.2. The third kappa shape index (κ3) is 3.32. The molecule has 1 aromatic heterocycles. The second-order valence-electron chi connectivity index (χ2n) is 4.38. The predicted octanol–water partition coefficient (Wildman–Crippen LogP) is 0.191. The summed E-state index contributed by atoms with van der Waals surface area (Å²) >= 11 is 0. The molecule has 1 aliphatic rings. The van der Waals surface area contributed by atoms with Crippen LogP contribution in [0, 0.1) is 0 Å². The molecule has 1 aromatic rings. The minimum atomic E-state index is -3.43. The van der Waals surface area contributed by atoms with E-state index in [9.17, 15) is 8.42 Å². The monoisotopic (exact) mass is 273 g/mol. The zero-order chi connectivity index (χ0) is 13.0. The van der Waals surface area contributed by atoms with Crippen molar-refractivity contribution >= 4 is 10.0 Å². The normalized spacial score (nSPS) is 20.4. The Morgan fingerprint density at radius 3 is 3.06 bits per heavy atom. The summed E-state index contributed by atoms with van der Waals surface area (Å²) in [6.45, 7) is 1.68. The van der Waals surface area contributed by atoms with Gasteiger partial charge in [0.1, 0.15) is 0 Å². The Hall–Kier alpha value is -0.890. The van der Waals surface area contributed by atoms with Gasteiger partial charge in [-0.2, -0.15) is 0 Å². The number of rotatable bonds is 6. The number of H-pyrrole nitrogens is 1. The van der Waals surface area contributed by atoms with Gasteiger partial charge in [-0.3, -0.25) is 0 Å². The van der Waals surface area contributed by atoms with Crippen molar-refractivity contribution in [3.63, 3.8) is 0 Å². The lowest BCUT2D eigenvalue weighted by Crippen LogP contribution is -2.31. The van der Waals surface area contributed by atoms with Crippen LogP contribution in [0.2, 0.25) is 0 Å². The van der Waals surface area contributed by atoms with Gasteiger partial charge in [0.15, 0.2) is 0 Å². The van der Waals surface area contributed by atoms with E-state index in [1.807, 2.05) is 7.05 Å². The lowest BCUT2D eigenvalue weighted by Gasteiger charge is -2.10. The van der Waals surface area contributed by atoms with Crippen LogP contribution in [0.4, 0.5) is 0 Å². The fourth-order valence-electron chi connectivity index (χ4n) is 1.96. The Balaban J connectivity index is 1.95. The second kappa shape index (κ2) is 5.83. The number of aromatic nitrogens is 1. The summed E-state index contributed by atoms with van der Waals surface area (Å²) in [4.78, 5) is 3.20. The lowest BCUT2D eigenvalue weighted by molar-refractivity contribution is 0.114. The summed E-state index contributed by atoms with van der Waals surface area (Å²) < 4.78 is 32.0. The van der Waals surface area contributed by atoms with Gasteiger partial charge in [-0.1, -0.05) is 0 Å². The van der Waals surface area contributed by atoms with Crippen LogP contribution in [0.1, 0.15) is 18.5 Å². The minimum absolute atomic E-state index is 0.00972. The topological polar surface area (TPSA) is 83.2 Å². The molecule has 7 heteroatoms. The van der Waals surface area contributed by atoms with Crippen LogP contribution in [0.5, 0.6) is 0 Å². The molecule has 1 atom stereocenters. The summed E-state index contributed by atoms with van der Waals surface area (Å²) in [5, 5.41) is 2.96. The molecule has 102 valence electrons. The van der Waals surface area contributed by atoms with E-state index >= 15 is 0 Å². The van der Waals surface area contributed by atoms with Crippen LogP contribution in [0.15, 0.2) is 17.2 Å². The molecule has 3 N–H and O–H groups in total. The van der Waals surface area contributed by atoms with E-state index in [2.05, 4.69) is 15.0 Å². The van der Waals surface area contributed by atoms with E-state index < -0.39 is 10.0 Å². The van der Waals surface area contributed by atoms with Crippen molar-refractivity contribution in [2.75, 3.05) is 20.2 Å². The van der Waals surface area contributed by atoms with Crippen molar-refractivity contribution in [2.45, 2.75) is 30.4 Å². The average molecular weight is 273 g/mol. The van der Waals surface area contributed by atoms with Crippen molar-refractivity contribution < 1.29 is 13.2 Å². The number of nitrogens with one attached hydrogen (secondary N) is 3. The summed E-state index contributed by atoms with van der Waals surface area (Å²) in [6, 6.07) is 1.63. The molecule has 0 saturated carbocycles. The molecule has 1 fully saturated rings. The van der Waals surface area contributed by atoms with Crippen molar-refractivity contribution in [3.05, 3.63) is 18.0 Å². The molecule has 2 rings (SSSR count). The van der Waals surface area contributed by atoms with E-state index in [-0.39, 0.29) is 11.0 Å². The Morgan fingerprint density at radius 2 is 2.39 bits per heavy atom. The Kier molecular flexibility index (Phi) is 4.39. The second-order valence-corrected chi connectivity index (χ2v) is 6.14. The summed E-state index contributed by atoms with van der Waals surface area (Å²) in [7, 11) is -1.62. The number of ether oxygens (including phenoxy) is 1. The molecular formula is C11H19N3O3S. The standard InChI is InChI=1S/C11H19N3O3S/c1-12-6-9-5-11(8-13-9)18(15,16)14-7-10-3-2-4-17-10/h5,8,10,12-14H,2-4,6-7H2,1H3. The third-order valence-electron chi connectivity index (χ3n) is 2.92. The molecule has 1 unspecified atom stereocenters. The van der Waals surface area contributed by atoms with Crippen LogP contribution in [0.25, 0.3) is 0 Å². The zero-order valence-electron chi connectivity index (χ0n) is 10.4. The quantitative estimate of drug-likeness (QED) is 0.691. The van der Waals surface area contributed by atoms with E-state index in [1.165, 1.54) is 6.20 Å². The minimum Gasteiger partial charge on any atom is -0.377 e. The fourth-order valence-corrected chi connectivity index (χ4v) is 3.04. The summed E-state index contributed by atoms with van der Waals surface area (Å²) in [5.74, 6) is 0. The van der Waals surface area contributed by atoms with E-state index in [1.54, 1.807) is 6.07 Å². The van der Waals surface area contributed by atoms with E-state index in [0.29, 0.717) is 13.1 Å². The van der Waals surface area contributed by atoms with Crippen LogP contribution < -0.4 is 10.0 Å². The van der Waals surface area contributed by atoms with Crippen molar-refractivity contribution in [1.29, 1.82) is 0 Å². The SMILES string of the molecule is CNCc1cc(S(=O)(=O)NCC2CCCO2)c[nH]1. The van der Waals surface area contributed by atoms with Gasteiger partial charge in [0.2, 0.25) is 10.0 Å². The number of aromatic amines is 1. The smallest absolute Gasteiger partial charge is 0.242 e. The average Bonchev–Trinajstić information content (AvgIpc) is 2.98. The van der Waals surface area contributed by atoms with Gasteiger partial charge < -0.3 is 15.0 Å². The van der Waals surface area contributed by atoms with Gasteiger partial charge in [0.05, 0.1) is 11.0 Å². The molecule has 0 bridgehead atoms. The first-order valence-corrected chi connectivity index (χ1v) is 7.53. The molecule has 2 heterocycles. The first-order valence-electron chi connectivity index (χ1n) is 6.05. The predicted molar refractivity (Wildman–Crippen MR) is 67.7 cm³/mol. The highest BCUT2D eigenvalue weighted by Gasteiger charge is 2.20. The van der Waals surface area contributed by atoms with Crippen LogP contribution in [0.3, 0.4) is 0 Å². The fraction of sp³-hybridized carbons (Fsp3) is 0.636. The molecule has 1 aliphatic heterocycles. The molecule has 6 nitrogen and oxygen atoms in total. The Labute approximate surface area is 107 Å². The molecular weight excluding hydrogens is 254 g/mol. The highest BCUT2D eigenvalue weighted by atomic mass is 32.2. The van der Waals surface area contributed by atoms with Crippen molar-refractivity contribution in [3.8, 4) is 0 Å². The van der Waals surface area contributed by atoms with Gasteiger partial charge >= 0.3 is 0 Å². The Bertz CT molecular complexity index is 477. The number of hydrogen-bond acceptors (Lipinski definition) is 4. The van der Waals surface area contributed by atoms with Crippen molar-refractivity contribution in [2.24, 2.45) is 0 Å². The number of sulfonamides is 1. The largest absolute Gasteiger partial charge is 0.377 e. The van der Waals surface area contributed by atoms with Gasteiger partial charge in [-0.15, -0.1) is 0 Å². The maximum Gasteiger partial charge on any atom is 0.242 e. The van der Waals surface area contributed by atoms with Crippen LogP contribution >= 0.6 is 0 Å². The first-order chi connectivity index (χ1) is 8.62. The number of hydrogen-bond donors (Lipinski definition) is 3. The van der Waals surface area contributed by atoms with Gasteiger partial charge in [-0.05, 0) is 26.0 Å². The molecule has 0 radical (unpaired) electrons. The highest BCUT2D eigenvalue weighted by molar-refractivity contribution is 7.89. The summed E-state index contributed by atoms with van der Waals surface area (Å²) in [6.07, 6.45) is 3.43. The summed E-state index contributed by atoms with van der Waals surface area (Å²) in [5.41, 5.74) is 0.843. The molecule has 1 saturated heterocycles. The van der Waals surface area contributed by atoms with Gasteiger partial charge in [0.25, 0.3) is 0 Å². The van der Waals surface area contributed by atoms with Gasteiger partial charge in [-0.25, -0.2) is 13.1 Å². The van der Waals surface area contributed by atoms with Crippen LogP contribution in [-0.2, 0) is 21.3 Å². The van der Waals surface area contributed by atoms with E-state index in [0.717, 1.165) is 25.1 Å². The highest BCUT2D eigenvalue weighted by Crippen LogP contribution is 2.14. The Morgan fingerprint density at radius 1 is 1.56 bits per heavy atom. The molecule has 0 spiro atoms. The maximum atomic E-state index is 12.0. The molecule has 0 aliphatic carbocycles. The first kappa shape index (κ1) is 13.5. The lowest BCUT2D eigenvalue weighted by atomic mass is 10.2. The van der Waals surface area contributed by atoms with Crippen LogP contribution in [-0.4, -0.2) is 39.7 Å². The maximum absolute atomic E-state index is 12.0. The molecule has 18 heavy (non-hydrogen) atoms. The molecule has 0 amide bonds.